The van der Waals surface area contributed by atoms with Crippen molar-refractivity contribution in [3.05, 3.63) is 75.3 Å². The SMILES string of the molecule is Cc1cc(C)cc(CNCCCCCc2nc3ccccc3c(=O)[nH]2)c1. The Morgan fingerprint density at radius 3 is 2.58 bits per heavy atom. The lowest BCUT2D eigenvalue weighted by Gasteiger charge is -2.07. The highest BCUT2D eigenvalue weighted by molar-refractivity contribution is 5.77. The lowest BCUT2D eigenvalue weighted by molar-refractivity contribution is 0.597. The lowest BCUT2D eigenvalue weighted by Crippen LogP contribution is -2.15. The molecule has 2 aromatic carbocycles. The second-order valence-electron chi connectivity index (χ2n) is 7.01. The summed E-state index contributed by atoms with van der Waals surface area (Å²) >= 11 is 0. The minimum Gasteiger partial charge on any atom is -0.313 e. The quantitative estimate of drug-likeness (QED) is 0.603. The van der Waals surface area contributed by atoms with Gasteiger partial charge in [-0.2, -0.15) is 0 Å². The summed E-state index contributed by atoms with van der Waals surface area (Å²) in [6.45, 7) is 6.21. The summed E-state index contributed by atoms with van der Waals surface area (Å²) in [6.07, 6.45) is 4.10. The third kappa shape index (κ3) is 5.02. The van der Waals surface area contributed by atoms with E-state index in [2.05, 4.69) is 47.3 Å². The van der Waals surface area contributed by atoms with E-state index in [9.17, 15) is 4.79 Å². The first kappa shape index (κ1) is 18.3. The first-order chi connectivity index (χ1) is 12.6. The molecule has 3 aromatic rings. The molecule has 1 aromatic heterocycles. The predicted molar refractivity (Wildman–Crippen MR) is 108 cm³/mol. The molecule has 4 heteroatoms. The molecule has 0 aliphatic carbocycles. The second-order valence-corrected chi connectivity index (χ2v) is 7.01. The zero-order chi connectivity index (χ0) is 18.4. The molecule has 0 amide bonds. The van der Waals surface area contributed by atoms with Crippen LogP contribution in [0.2, 0.25) is 0 Å². The maximum Gasteiger partial charge on any atom is 0.258 e. The van der Waals surface area contributed by atoms with E-state index in [1.807, 2.05) is 24.3 Å². The van der Waals surface area contributed by atoms with Crippen molar-refractivity contribution in [3.63, 3.8) is 0 Å². The monoisotopic (exact) mass is 349 g/mol. The Hall–Kier alpha value is -2.46. The molecule has 0 atom stereocenters. The molecule has 0 saturated carbocycles. The average molecular weight is 349 g/mol. The van der Waals surface area contributed by atoms with Crippen LogP contribution in [0.15, 0.2) is 47.3 Å². The van der Waals surface area contributed by atoms with Gasteiger partial charge < -0.3 is 10.3 Å². The molecule has 0 radical (unpaired) electrons. The van der Waals surface area contributed by atoms with Gasteiger partial charge >= 0.3 is 0 Å². The summed E-state index contributed by atoms with van der Waals surface area (Å²) in [7, 11) is 0. The number of nitrogens with zero attached hydrogens (tertiary/aromatic N) is 1. The highest BCUT2D eigenvalue weighted by Crippen LogP contribution is 2.09. The van der Waals surface area contributed by atoms with Gasteiger partial charge in [0.05, 0.1) is 10.9 Å². The number of aryl methyl sites for hydroxylation is 3. The maximum absolute atomic E-state index is 12.1. The van der Waals surface area contributed by atoms with Gasteiger partial charge in [0.1, 0.15) is 5.82 Å². The van der Waals surface area contributed by atoms with Gasteiger partial charge in [-0.3, -0.25) is 4.79 Å². The number of benzene rings is 2. The molecule has 4 nitrogen and oxygen atoms in total. The van der Waals surface area contributed by atoms with E-state index in [0.29, 0.717) is 5.39 Å². The number of aromatic nitrogens is 2. The minimum absolute atomic E-state index is 0.0410. The number of para-hydroxylation sites is 1. The van der Waals surface area contributed by atoms with Crippen molar-refractivity contribution in [1.29, 1.82) is 0 Å². The molecule has 0 spiro atoms. The van der Waals surface area contributed by atoms with Crippen molar-refractivity contribution in [2.24, 2.45) is 0 Å². The zero-order valence-corrected chi connectivity index (χ0v) is 15.6. The van der Waals surface area contributed by atoms with Gasteiger partial charge in [0, 0.05) is 13.0 Å². The van der Waals surface area contributed by atoms with Crippen LogP contribution in [0.1, 0.15) is 41.8 Å². The molecule has 1 heterocycles. The number of nitrogens with one attached hydrogen (secondary N) is 2. The van der Waals surface area contributed by atoms with Crippen LogP contribution in [-0.4, -0.2) is 16.5 Å². The summed E-state index contributed by atoms with van der Waals surface area (Å²) < 4.78 is 0. The Balaban J connectivity index is 1.39. The summed E-state index contributed by atoms with van der Waals surface area (Å²) in [4.78, 5) is 19.5. The van der Waals surface area contributed by atoms with E-state index in [-0.39, 0.29) is 5.56 Å². The van der Waals surface area contributed by atoms with Crippen LogP contribution in [0.25, 0.3) is 10.9 Å². The Morgan fingerprint density at radius 1 is 1.00 bits per heavy atom. The van der Waals surface area contributed by atoms with Crippen molar-refractivity contribution in [3.8, 4) is 0 Å². The fourth-order valence-electron chi connectivity index (χ4n) is 3.38. The minimum atomic E-state index is -0.0410. The van der Waals surface area contributed by atoms with Gasteiger partial charge in [0.25, 0.3) is 5.56 Å². The number of aromatic amines is 1. The van der Waals surface area contributed by atoms with Crippen molar-refractivity contribution >= 4 is 10.9 Å². The largest absolute Gasteiger partial charge is 0.313 e. The van der Waals surface area contributed by atoms with Crippen LogP contribution < -0.4 is 10.9 Å². The molecule has 3 rings (SSSR count). The molecular formula is C22H27N3O. The maximum atomic E-state index is 12.1. The van der Waals surface area contributed by atoms with Crippen molar-refractivity contribution in [1.82, 2.24) is 15.3 Å². The Bertz CT molecular complexity index is 910. The number of hydrogen-bond acceptors (Lipinski definition) is 3. The van der Waals surface area contributed by atoms with Crippen LogP contribution in [-0.2, 0) is 13.0 Å². The van der Waals surface area contributed by atoms with E-state index in [0.717, 1.165) is 50.1 Å². The van der Waals surface area contributed by atoms with Gasteiger partial charge in [0.2, 0.25) is 0 Å². The molecule has 136 valence electrons. The molecule has 0 aliphatic heterocycles. The molecule has 0 aliphatic rings. The van der Waals surface area contributed by atoms with Crippen molar-refractivity contribution in [2.45, 2.75) is 46.1 Å². The van der Waals surface area contributed by atoms with Crippen molar-refractivity contribution < 1.29 is 0 Å². The predicted octanol–water partition coefficient (Wildman–Crippen LogP) is 4.04. The molecule has 26 heavy (non-hydrogen) atoms. The highest BCUT2D eigenvalue weighted by atomic mass is 16.1. The van der Waals surface area contributed by atoms with Gasteiger partial charge in [-0.05, 0) is 50.9 Å². The van der Waals surface area contributed by atoms with Crippen LogP contribution in [0.5, 0.6) is 0 Å². The molecule has 0 bridgehead atoms. The lowest BCUT2D eigenvalue weighted by atomic mass is 10.1. The summed E-state index contributed by atoms with van der Waals surface area (Å²) in [5, 5.41) is 4.17. The van der Waals surface area contributed by atoms with Gasteiger partial charge in [-0.1, -0.05) is 47.9 Å². The summed E-state index contributed by atoms with van der Waals surface area (Å²) in [6, 6.07) is 14.2. The number of hydrogen-bond donors (Lipinski definition) is 2. The third-order valence-corrected chi connectivity index (χ3v) is 4.54. The third-order valence-electron chi connectivity index (χ3n) is 4.54. The van der Waals surface area contributed by atoms with E-state index >= 15 is 0 Å². The molecule has 2 N–H and O–H groups in total. The highest BCUT2D eigenvalue weighted by Gasteiger charge is 2.03. The number of fused-ring (bicyclic) bond motifs is 1. The molecule has 0 saturated heterocycles. The molecular weight excluding hydrogens is 322 g/mol. The number of H-pyrrole nitrogens is 1. The van der Waals surface area contributed by atoms with E-state index in [1.54, 1.807) is 0 Å². The average Bonchev–Trinajstić information content (AvgIpc) is 2.60. The zero-order valence-electron chi connectivity index (χ0n) is 15.6. The van der Waals surface area contributed by atoms with Crippen LogP contribution in [0, 0.1) is 13.8 Å². The molecule has 0 unspecified atom stereocenters. The smallest absolute Gasteiger partial charge is 0.258 e. The van der Waals surface area contributed by atoms with E-state index in [1.165, 1.54) is 16.7 Å². The number of unbranched alkanes of at least 4 members (excludes halogenated alkanes) is 2. The first-order valence-electron chi connectivity index (χ1n) is 9.37. The Labute approximate surface area is 154 Å². The van der Waals surface area contributed by atoms with Gasteiger partial charge in [-0.15, -0.1) is 0 Å². The standard InChI is InChI=1S/C22H27N3O/c1-16-12-17(2)14-18(13-16)15-23-11-7-3-4-10-21-24-20-9-6-5-8-19(20)22(26)25-21/h5-6,8-9,12-14,23H,3-4,7,10-11,15H2,1-2H3,(H,24,25,26). The normalized spacial score (nSPS) is 11.2. The molecule has 0 fully saturated rings. The van der Waals surface area contributed by atoms with Crippen LogP contribution in [0.4, 0.5) is 0 Å². The summed E-state index contributed by atoms with van der Waals surface area (Å²) in [5.74, 6) is 0.789. The van der Waals surface area contributed by atoms with E-state index in [4.69, 9.17) is 0 Å². The van der Waals surface area contributed by atoms with Gasteiger partial charge in [-0.25, -0.2) is 4.98 Å². The fourth-order valence-corrected chi connectivity index (χ4v) is 3.38. The Kier molecular flexibility index (Phi) is 6.18. The number of rotatable bonds is 8. The van der Waals surface area contributed by atoms with Crippen LogP contribution in [0.3, 0.4) is 0 Å². The van der Waals surface area contributed by atoms with Crippen LogP contribution >= 0.6 is 0 Å². The van der Waals surface area contributed by atoms with Gasteiger partial charge in [0.15, 0.2) is 0 Å². The topological polar surface area (TPSA) is 57.8 Å². The fraction of sp³-hybridized carbons (Fsp3) is 0.364. The first-order valence-corrected chi connectivity index (χ1v) is 9.37. The Morgan fingerprint density at radius 2 is 1.77 bits per heavy atom. The van der Waals surface area contributed by atoms with E-state index < -0.39 is 0 Å². The summed E-state index contributed by atoms with van der Waals surface area (Å²) in [5.41, 5.74) is 4.72. The second kappa shape index (κ2) is 8.77. The van der Waals surface area contributed by atoms with Crippen molar-refractivity contribution in [2.75, 3.05) is 6.54 Å².